The molecule has 0 unspecified atom stereocenters. The third-order valence-electron chi connectivity index (χ3n) is 4.71. The summed E-state index contributed by atoms with van der Waals surface area (Å²) in [6, 6.07) is 7.09. The highest BCUT2D eigenvalue weighted by atomic mass is 16.2. The number of nitrogens with one attached hydrogen (secondary N) is 1. The van der Waals surface area contributed by atoms with E-state index in [2.05, 4.69) is 22.5 Å². The van der Waals surface area contributed by atoms with Gasteiger partial charge in [0, 0.05) is 17.6 Å². The molecule has 1 amide bonds. The molecule has 1 aromatic heterocycles. The second-order valence-electron chi connectivity index (χ2n) is 6.61. The highest BCUT2D eigenvalue weighted by molar-refractivity contribution is 6.05. The van der Waals surface area contributed by atoms with E-state index in [4.69, 9.17) is 0 Å². The molecule has 6 nitrogen and oxygen atoms in total. The number of benzene rings is 1. The fourth-order valence-electron chi connectivity index (χ4n) is 3.28. The topological polar surface area (TPSA) is 76.3 Å². The fourth-order valence-corrected chi connectivity index (χ4v) is 3.28. The lowest BCUT2D eigenvalue weighted by molar-refractivity contribution is 0.0949. The molecule has 1 atom stereocenters. The third kappa shape index (κ3) is 3.62. The first-order valence-corrected chi connectivity index (χ1v) is 8.98. The summed E-state index contributed by atoms with van der Waals surface area (Å²) in [7, 11) is 0. The average Bonchev–Trinajstić information content (AvgIpc) is 2.63. The molecule has 0 spiro atoms. The minimum Gasteiger partial charge on any atom is -0.267 e. The molecule has 1 saturated carbocycles. The molecule has 1 aromatic carbocycles. The van der Waals surface area contributed by atoms with Crippen molar-refractivity contribution in [2.24, 2.45) is 11.0 Å². The van der Waals surface area contributed by atoms with Crippen LogP contribution in [0.15, 0.2) is 34.2 Å². The number of carbonyl (C=O) groups excluding carboxylic acids is 1. The van der Waals surface area contributed by atoms with E-state index in [-0.39, 0.29) is 17.2 Å². The second kappa shape index (κ2) is 7.59. The Bertz CT molecular complexity index is 869. The van der Waals surface area contributed by atoms with Gasteiger partial charge in [0.1, 0.15) is 0 Å². The zero-order chi connectivity index (χ0) is 17.8. The van der Waals surface area contributed by atoms with Crippen molar-refractivity contribution < 1.29 is 4.79 Å². The van der Waals surface area contributed by atoms with Gasteiger partial charge >= 0.3 is 0 Å². The van der Waals surface area contributed by atoms with Crippen molar-refractivity contribution in [1.82, 2.24) is 15.2 Å². The van der Waals surface area contributed by atoms with Crippen molar-refractivity contribution in [2.45, 2.75) is 52.5 Å². The maximum atomic E-state index is 12.7. The highest BCUT2D eigenvalue weighted by Gasteiger charge is 2.19. The van der Waals surface area contributed by atoms with Crippen LogP contribution < -0.4 is 11.0 Å². The zero-order valence-corrected chi connectivity index (χ0v) is 14.8. The summed E-state index contributed by atoms with van der Waals surface area (Å²) in [5.41, 5.74) is 3.77. The molecule has 0 radical (unpaired) electrons. The molecule has 25 heavy (non-hydrogen) atoms. The van der Waals surface area contributed by atoms with Crippen LogP contribution in [0, 0.1) is 5.92 Å². The van der Waals surface area contributed by atoms with E-state index < -0.39 is 0 Å². The Kier molecular flexibility index (Phi) is 5.26. The number of carbonyl (C=O) groups is 1. The van der Waals surface area contributed by atoms with E-state index in [0.29, 0.717) is 23.2 Å². The number of fused-ring (bicyclic) bond motifs is 1. The quantitative estimate of drug-likeness (QED) is 0.869. The number of aryl methyl sites for hydroxylation is 1. The van der Waals surface area contributed by atoms with E-state index in [1.54, 1.807) is 24.3 Å². The molecule has 1 aliphatic rings. The Balaban J connectivity index is 1.96. The summed E-state index contributed by atoms with van der Waals surface area (Å²) in [5, 5.41) is 9.70. The standard InChI is InChI=1S/C19H24N4O2/c1-3-12-23-19(25)15-10-6-5-9-14(15)17(22-23)18(24)21-20-16-11-7-4-8-13(16)2/h5-6,9-10,13H,3-4,7-8,11-12H2,1-2H3,(H,21,24)/b20-16-/t13-/m0/s1. The molecular formula is C19H24N4O2. The Morgan fingerprint density at radius 3 is 2.80 bits per heavy atom. The van der Waals surface area contributed by atoms with Crippen LogP contribution in [0.1, 0.15) is 56.4 Å². The van der Waals surface area contributed by atoms with Gasteiger partial charge < -0.3 is 0 Å². The third-order valence-corrected chi connectivity index (χ3v) is 4.71. The Hall–Kier alpha value is -2.50. The van der Waals surface area contributed by atoms with Crippen molar-refractivity contribution in [2.75, 3.05) is 0 Å². The molecule has 1 heterocycles. The first-order valence-electron chi connectivity index (χ1n) is 8.98. The summed E-state index contributed by atoms with van der Waals surface area (Å²) in [5.74, 6) is 0.0270. The van der Waals surface area contributed by atoms with Gasteiger partial charge in [-0.05, 0) is 37.7 Å². The Labute approximate surface area is 146 Å². The molecule has 0 bridgehead atoms. The van der Waals surface area contributed by atoms with Crippen LogP contribution in [0.5, 0.6) is 0 Å². The summed E-state index contributed by atoms with van der Waals surface area (Å²) >= 11 is 0. The Morgan fingerprint density at radius 2 is 2.08 bits per heavy atom. The summed E-state index contributed by atoms with van der Waals surface area (Å²) < 4.78 is 1.37. The maximum absolute atomic E-state index is 12.7. The van der Waals surface area contributed by atoms with Crippen molar-refractivity contribution in [3.8, 4) is 0 Å². The van der Waals surface area contributed by atoms with Crippen LogP contribution in [0.2, 0.25) is 0 Å². The van der Waals surface area contributed by atoms with Gasteiger partial charge in [0.2, 0.25) is 0 Å². The molecule has 0 aliphatic heterocycles. The number of hydrogen-bond acceptors (Lipinski definition) is 4. The van der Waals surface area contributed by atoms with Gasteiger partial charge in [0.25, 0.3) is 11.5 Å². The van der Waals surface area contributed by atoms with Gasteiger partial charge in [0.15, 0.2) is 5.69 Å². The highest BCUT2D eigenvalue weighted by Crippen LogP contribution is 2.21. The van der Waals surface area contributed by atoms with Crippen LogP contribution in [0.3, 0.4) is 0 Å². The molecule has 132 valence electrons. The molecule has 1 fully saturated rings. The van der Waals surface area contributed by atoms with Crippen molar-refractivity contribution in [3.05, 3.63) is 40.3 Å². The first-order chi connectivity index (χ1) is 12.1. The largest absolute Gasteiger partial charge is 0.292 e. The van der Waals surface area contributed by atoms with Crippen molar-refractivity contribution in [1.29, 1.82) is 0 Å². The lowest BCUT2D eigenvalue weighted by Crippen LogP contribution is -2.30. The predicted molar refractivity (Wildman–Crippen MR) is 98.8 cm³/mol. The van der Waals surface area contributed by atoms with Gasteiger partial charge in [-0.3, -0.25) is 9.59 Å². The van der Waals surface area contributed by atoms with E-state index in [0.717, 1.165) is 31.4 Å². The monoisotopic (exact) mass is 340 g/mol. The number of nitrogens with zero attached hydrogens (tertiary/aromatic N) is 3. The lowest BCUT2D eigenvalue weighted by atomic mass is 9.89. The van der Waals surface area contributed by atoms with Gasteiger partial charge in [-0.2, -0.15) is 10.2 Å². The molecular weight excluding hydrogens is 316 g/mol. The van der Waals surface area contributed by atoms with Gasteiger partial charge in [-0.1, -0.05) is 38.5 Å². The van der Waals surface area contributed by atoms with E-state index >= 15 is 0 Å². The summed E-state index contributed by atoms with van der Waals surface area (Å²) in [6.45, 7) is 4.59. The molecule has 1 N–H and O–H groups in total. The predicted octanol–water partition coefficient (Wildman–Crippen LogP) is 3.10. The minimum atomic E-state index is -0.369. The van der Waals surface area contributed by atoms with Crippen LogP contribution in [0.4, 0.5) is 0 Å². The molecule has 0 saturated heterocycles. The average molecular weight is 340 g/mol. The molecule has 1 aliphatic carbocycles. The second-order valence-corrected chi connectivity index (χ2v) is 6.61. The zero-order valence-electron chi connectivity index (χ0n) is 14.8. The maximum Gasteiger partial charge on any atom is 0.292 e. The van der Waals surface area contributed by atoms with Crippen LogP contribution >= 0.6 is 0 Å². The normalized spacial score (nSPS) is 19.3. The van der Waals surface area contributed by atoms with Gasteiger partial charge in [0.05, 0.1) is 5.39 Å². The first kappa shape index (κ1) is 17.3. The number of rotatable bonds is 4. The van der Waals surface area contributed by atoms with Gasteiger partial charge in [-0.25, -0.2) is 10.1 Å². The smallest absolute Gasteiger partial charge is 0.267 e. The fraction of sp³-hybridized carbons (Fsp3) is 0.474. The summed E-state index contributed by atoms with van der Waals surface area (Å²) in [4.78, 5) is 25.2. The number of hydrazone groups is 1. The Morgan fingerprint density at radius 1 is 1.32 bits per heavy atom. The number of aromatic nitrogens is 2. The number of hydrogen-bond donors (Lipinski definition) is 1. The summed E-state index contributed by atoms with van der Waals surface area (Å²) in [6.07, 6.45) is 5.12. The van der Waals surface area contributed by atoms with E-state index in [1.807, 2.05) is 6.92 Å². The van der Waals surface area contributed by atoms with E-state index in [1.165, 1.54) is 11.1 Å². The van der Waals surface area contributed by atoms with Crippen molar-refractivity contribution >= 4 is 22.4 Å². The van der Waals surface area contributed by atoms with Crippen LogP contribution in [0.25, 0.3) is 10.8 Å². The SMILES string of the molecule is CCCn1nc(C(=O)N/N=C2/CCCC[C@@H]2C)c2ccccc2c1=O. The van der Waals surface area contributed by atoms with E-state index in [9.17, 15) is 9.59 Å². The van der Waals surface area contributed by atoms with Gasteiger partial charge in [-0.15, -0.1) is 0 Å². The van der Waals surface area contributed by atoms with Crippen molar-refractivity contribution in [3.63, 3.8) is 0 Å². The minimum absolute atomic E-state index is 0.166. The van der Waals surface area contributed by atoms with Crippen LogP contribution in [-0.4, -0.2) is 21.4 Å². The lowest BCUT2D eigenvalue weighted by Gasteiger charge is -2.19. The molecule has 6 heteroatoms. The molecule has 3 rings (SSSR count). The molecule has 2 aromatic rings. The number of amides is 1. The van der Waals surface area contributed by atoms with Crippen LogP contribution in [-0.2, 0) is 6.54 Å².